The Balaban J connectivity index is 0.000000671. The topological polar surface area (TPSA) is 9.23 Å². The lowest BCUT2D eigenvalue weighted by Crippen LogP contribution is -2.41. The van der Waals surface area contributed by atoms with E-state index in [-0.39, 0.29) is 5.41 Å². The van der Waals surface area contributed by atoms with Gasteiger partial charge in [0, 0.05) is 18.6 Å². The highest BCUT2D eigenvalue weighted by Gasteiger charge is 2.39. The van der Waals surface area contributed by atoms with Gasteiger partial charge in [-0.05, 0) is 19.3 Å². The summed E-state index contributed by atoms with van der Waals surface area (Å²) in [6, 6.07) is 0. The molecule has 0 aliphatic carbocycles. The average Bonchev–Trinajstić information content (AvgIpc) is 2.13. The Morgan fingerprint density at radius 3 is 2.31 bits per heavy atom. The zero-order valence-corrected chi connectivity index (χ0v) is 9.56. The van der Waals surface area contributed by atoms with E-state index < -0.39 is 6.17 Å². The molecule has 3 unspecified atom stereocenters. The fourth-order valence-electron chi connectivity index (χ4n) is 1.58. The van der Waals surface area contributed by atoms with Gasteiger partial charge < -0.3 is 4.74 Å². The second kappa shape index (κ2) is 5.58. The molecule has 0 spiro atoms. The highest BCUT2D eigenvalue weighted by atomic mass is 19.1. The first-order chi connectivity index (χ1) is 6.07. The summed E-state index contributed by atoms with van der Waals surface area (Å²) in [4.78, 5) is 0. The second-order valence-corrected chi connectivity index (χ2v) is 3.85. The highest BCUT2D eigenvalue weighted by molar-refractivity contribution is 4.87. The first-order valence-corrected chi connectivity index (χ1v) is 5.29. The standard InChI is InChI=1S/C9H17FO.C2H6/c1-7-6-11-5-4-9(7,3)8(2)10;1-2/h7-8H,4-6H2,1-3H3;1-2H3. The van der Waals surface area contributed by atoms with Crippen LogP contribution >= 0.6 is 0 Å². The third-order valence-electron chi connectivity index (χ3n) is 3.19. The van der Waals surface area contributed by atoms with Crippen LogP contribution in [-0.2, 0) is 4.74 Å². The molecule has 1 aliphatic rings. The number of alkyl halides is 1. The largest absolute Gasteiger partial charge is 0.381 e. The molecule has 0 N–H and O–H groups in total. The van der Waals surface area contributed by atoms with Crippen molar-refractivity contribution in [1.29, 1.82) is 0 Å². The minimum absolute atomic E-state index is 0.155. The quantitative estimate of drug-likeness (QED) is 0.615. The van der Waals surface area contributed by atoms with Gasteiger partial charge in [0.2, 0.25) is 0 Å². The molecule has 1 saturated heterocycles. The zero-order chi connectivity index (χ0) is 10.5. The molecule has 0 aromatic heterocycles. The van der Waals surface area contributed by atoms with Gasteiger partial charge in [-0.3, -0.25) is 0 Å². The molecule has 2 heteroatoms. The van der Waals surface area contributed by atoms with Crippen molar-refractivity contribution < 1.29 is 9.13 Å². The summed E-state index contributed by atoms with van der Waals surface area (Å²) in [5.74, 6) is 0.344. The molecule has 1 rings (SSSR count). The lowest BCUT2D eigenvalue weighted by molar-refractivity contribution is -0.0600. The molecule has 0 aromatic carbocycles. The number of halogens is 1. The van der Waals surface area contributed by atoms with Crippen molar-refractivity contribution in [2.45, 2.75) is 47.2 Å². The molecule has 80 valence electrons. The summed E-state index contributed by atoms with van der Waals surface area (Å²) in [5, 5.41) is 0. The fraction of sp³-hybridized carbons (Fsp3) is 1.00. The predicted octanol–water partition coefficient (Wildman–Crippen LogP) is 3.43. The summed E-state index contributed by atoms with van der Waals surface area (Å²) in [6.07, 6.45) is 0.132. The van der Waals surface area contributed by atoms with Gasteiger partial charge in [-0.2, -0.15) is 0 Å². The van der Waals surface area contributed by atoms with E-state index in [0.717, 1.165) is 13.0 Å². The monoisotopic (exact) mass is 190 g/mol. The molecule has 0 amide bonds. The average molecular weight is 190 g/mol. The van der Waals surface area contributed by atoms with E-state index in [9.17, 15) is 4.39 Å². The maximum Gasteiger partial charge on any atom is 0.103 e. The molecular formula is C11H23FO. The first kappa shape index (κ1) is 12.9. The maximum absolute atomic E-state index is 13.2. The highest BCUT2D eigenvalue weighted by Crippen LogP contribution is 2.39. The molecule has 1 nitrogen and oxygen atoms in total. The van der Waals surface area contributed by atoms with E-state index >= 15 is 0 Å². The summed E-state index contributed by atoms with van der Waals surface area (Å²) >= 11 is 0. The van der Waals surface area contributed by atoms with E-state index in [4.69, 9.17) is 4.74 Å². The molecule has 1 heterocycles. The van der Waals surface area contributed by atoms with Crippen LogP contribution in [0.5, 0.6) is 0 Å². The molecule has 1 fully saturated rings. The van der Waals surface area contributed by atoms with Gasteiger partial charge in [0.05, 0.1) is 0 Å². The lowest BCUT2D eigenvalue weighted by atomic mass is 9.71. The van der Waals surface area contributed by atoms with Gasteiger partial charge in [-0.15, -0.1) is 0 Å². The molecule has 1 aliphatic heterocycles. The van der Waals surface area contributed by atoms with Crippen LogP contribution in [0.2, 0.25) is 0 Å². The van der Waals surface area contributed by atoms with Crippen LogP contribution in [0.4, 0.5) is 4.39 Å². The van der Waals surface area contributed by atoms with Crippen LogP contribution < -0.4 is 0 Å². The Hall–Kier alpha value is -0.110. The van der Waals surface area contributed by atoms with Gasteiger partial charge in [0.15, 0.2) is 0 Å². The summed E-state index contributed by atoms with van der Waals surface area (Å²) in [6.45, 7) is 11.2. The Kier molecular flexibility index (Phi) is 5.54. The number of hydrogen-bond donors (Lipinski definition) is 0. The normalized spacial score (nSPS) is 36.0. The third-order valence-corrected chi connectivity index (χ3v) is 3.19. The summed E-state index contributed by atoms with van der Waals surface area (Å²) < 4.78 is 18.4. The predicted molar refractivity (Wildman–Crippen MR) is 54.6 cm³/mol. The van der Waals surface area contributed by atoms with E-state index in [1.54, 1.807) is 6.92 Å². The van der Waals surface area contributed by atoms with Crippen molar-refractivity contribution in [3.8, 4) is 0 Å². The first-order valence-electron chi connectivity index (χ1n) is 5.29. The van der Waals surface area contributed by atoms with Crippen molar-refractivity contribution in [2.24, 2.45) is 11.3 Å². The molecule has 0 aromatic rings. The molecule has 0 radical (unpaired) electrons. The van der Waals surface area contributed by atoms with E-state index in [0.29, 0.717) is 12.5 Å². The van der Waals surface area contributed by atoms with Crippen LogP contribution in [0.25, 0.3) is 0 Å². The fourth-order valence-corrected chi connectivity index (χ4v) is 1.58. The SMILES string of the molecule is CC.CC(F)C1(C)CCOCC1C. The van der Waals surface area contributed by atoms with Crippen molar-refractivity contribution >= 4 is 0 Å². The van der Waals surface area contributed by atoms with Gasteiger partial charge >= 0.3 is 0 Å². The van der Waals surface area contributed by atoms with E-state index in [2.05, 4.69) is 6.92 Å². The summed E-state index contributed by atoms with van der Waals surface area (Å²) in [5.41, 5.74) is -0.155. The second-order valence-electron chi connectivity index (χ2n) is 3.85. The molecule has 0 bridgehead atoms. The number of hydrogen-bond acceptors (Lipinski definition) is 1. The lowest BCUT2D eigenvalue weighted by Gasteiger charge is -2.40. The van der Waals surface area contributed by atoms with Gasteiger partial charge in [0.1, 0.15) is 6.17 Å². The van der Waals surface area contributed by atoms with Crippen LogP contribution in [0.1, 0.15) is 41.0 Å². The minimum atomic E-state index is -0.721. The molecule has 3 atom stereocenters. The Morgan fingerprint density at radius 2 is 2.00 bits per heavy atom. The van der Waals surface area contributed by atoms with E-state index in [1.807, 2.05) is 20.8 Å². The number of rotatable bonds is 1. The smallest absolute Gasteiger partial charge is 0.103 e. The van der Waals surface area contributed by atoms with E-state index in [1.165, 1.54) is 0 Å². The van der Waals surface area contributed by atoms with Crippen LogP contribution in [0.15, 0.2) is 0 Å². The van der Waals surface area contributed by atoms with Crippen LogP contribution in [-0.4, -0.2) is 19.4 Å². The Labute approximate surface area is 81.7 Å². The van der Waals surface area contributed by atoms with Gasteiger partial charge in [-0.1, -0.05) is 27.7 Å². The third kappa shape index (κ3) is 2.94. The van der Waals surface area contributed by atoms with Crippen molar-refractivity contribution in [3.63, 3.8) is 0 Å². The van der Waals surface area contributed by atoms with Gasteiger partial charge in [-0.25, -0.2) is 4.39 Å². The summed E-state index contributed by atoms with van der Waals surface area (Å²) in [7, 11) is 0. The van der Waals surface area contributed by atoms with Crippen molar-refractivity contribution in [3.05, 3.63) is 0 Å². The number of ether oxygens (including phenoxy) is 1. The molecule has 0 saturated carbocycles. The molecular weight excluding hydrogens is 167 g/mol. The Morgan fingerprint density at radius 1 is 1.46 bits per heavy atom. The maximum atomic E-state index is 13.2. The van der Waals surface area contributed by atoms with Crippen molar-refractivity contribution in [1.82, 2.24) is 0 Å². The van der Waals surface area contributed by atoms with Crippen LogP contribution in [0, 0.1) is 11.3 Å². The zero-order valence-electron chi connectivity index (χ0n) is 9.56. The minimum Gasteiger partial charge on any atom is -0.381 e. The van der Waals surface area contributed by atoms with Crippen molar-refractivity contribution in [2.75, 3.05) is 13.2 Å². The Bertz CT molecular complexity index is 136. The van der Waals surface area contributed by atoms with Gasteiger partial charge in [0.25, 0.3) is 0 Å². The molecule has 13 heavy (non-hydrogen) atoms. The van der Waals surface area contributed by atoms with Crippen LogP contribution in [0.3, 0.4) is 0 Å².